The second-order valence-electron chi connectivity index (χ2n) is 3.27. The smallest absolute Gasteiger partial charge is 0.318 e. The number of aromatic nitrogens is 2. The standard InChI is InChI=1S/C11H9BrFN3O/c12-8-4-2-1-3-7(8)6-17-11-15-5-9(13)10(14)16-11/h1-5H,6H2,(H2,14,15,16). The first-order valence-electron chi connectivity index (χ1n) is 4.81. The number of halogens is 2. The van der Waals surface area contributed by atoms with Gasteiger partial charge in [-0.05, 0) is 6.07 Å². The zero-order valence-corrected chi connectivity index (χ0v) is 10.3. The number of ether oxygens (including phenoxy) is 1. The van der Waals surface area contributed by atoms with Crippen molar-refractivity contribution in [2.45, 2.75) is 6.61 Å². The zero-order chi connectivity index (χ0) is 12.3. The van der Waals surface area contributed by atoms with Crippen LogP contribution in [0.2, 0.25) is 0 Å². The highest BCUT2D eigenvalue weighted by Crippen LogP contribution is 2.18. The molecule has 0 saturated carbocycles. The van der Waals surface area contributed by atoms with Crippen molar-refractivity contribution in [2.75, 3.05) is 5.73 Å². The summed E-state index contributed by atoms with van der Waals surface area (Å²) in [5, 5.41) is 0. The summed E-state index contributed by atoms with van der Waals surface area (Å²) in [5.74, 6) is -0.875. The van der Waals surface area contributed by atoms with Crippen LogP contribution in [0, 0.1) is 5.82 Å². The summed E-state index contributed by atoms with van der Waals surface area (Å²) < 4.78 is 19.0. The van der Waals surface area contributed by atoms with Gasteiger partial charge in [-0.25, -0.2) is 9.37 Å². The largest absolute Gasteiger partial charge is 0.458 e. The quantitative estimate of drug-likeness (QED) is 0.946. The predicted octanol–water partition coefficient (Wildman–Crippen LogP) is 2.54. The van der Waals surface area contributed by atoms with Crippen LogP contribution in [-0.4, -0.2) is 9.97 Å². The molecule has 0 spiro atoms. The highest BCUT2D eigenvalue weighted by atomic mass is 79.9. The predicted molar refractivity (Wildman–Crippen MR) is 64.9 cm³/mol. The first kappa shape index (κ1) is 11.8. The Bertz CT molecular complexity index is 536. The Balaban J connectivity index is 2.08. The van der Waals surface area contributed by atoms with Crippen LogP contribution in [0.4, 0.5) is 10.2 Å². The van der Waals surface area contributed by atoms with Gasteiger partial charge in [0, 0.05) is 10.0 Å². The number of rotatable bonds is 3. The Morgan fingerprint density at radius 3 is 2.82 bits per heavy atom. The molecule has 1 heterocycles. The van der Waals surface area contributed by atoms with E-state index in [1.807, 2.05) is 24.3 Å². The molecule has 0 amide bonds. The van der Waals surface area contributed by atoms with Crippen molar-refractivity contribution in [3.8, 4) is 6.01 Å². The van der Waals surface area contributed by atoms with E-state index in [1.54, 1.807) is 0 Å². The second-order valence-corrected chi connectivity index (χ2v) is 4.12. The van der Waals surface area contributed by atoms with Crippen LogP contribution in [0.3, 0.4) is 0 Å². The summed E-state index contributed by atoms with van der Waals surface area (Å²) in [6, 6.07) is 7.65. The highest BCUT2D eigenvalue weighted by Gasteiger charge is 2.05. The van der Waals surface area contributed by atoms with Crippen LogP contribution < -0.4 is 10.5 Å². The molecular weight excluding hydrogens is 289 g/mol. The average Bonchev–Trinajstić information content (AvgIpc) is 2.32. The van der Waals surface area contributed by atoms with Crippen LogP contribution >= 0.6 is 15.9 Å². The van der Waals surface area contributed by atoms with E-state index in [0.717, 1.165) is 16.2 Å². The van der Waals surface area contributed by atoms with Crippen molar-refractivity contribution in [1.82, 2.24) is 9.97 Å². The van der Waals surface area contributed by atoms with E-state index in [1.165, 1.54) is 0 Å². The SMILES string of the molecule is Nc1nc(OCc2ccccc2Br)ncc1F. The maximum atomic E-state index is 12.8. The third-order valence-electron chi connectivity index (χ3n) is 2.06. The number of hydrogen-bond acceptors (Lipinski definition) is 4. The Hall–Kier alpha value is -1.69. The third kappa shape index (κ3) is 2.91. The fourth-order valence-electron chi connectivity index (χ4n) is 1.19. The molecule has 0 aliphatic rings. The summed E-state index contributed by atoms with van der Waals surface area (Å²) in [6.45, 7) is 0.284. The van der Waals surface area contributed by atoms with E-state index in [2.05, 4.69) is 25.9 Å². The van der Waals surface area contributed by atoms with Gasteiger partial charge in [0.05, 0.1) is 6.20 Å². The van der Waals surface area contributed by atoms with E-state index in [0.29, 0.717) is 0 Å². The van der Waals surface area contributed by atoms with Crippen LogP contribution in [0.5, 0.6) is 6.01 Å². The lowest BCUT2D eigenvalue weighted by Gasteiger charge is -2.06. The van der Waals surface area contributed by atoms with Gasteiger partial charge in [-0.1, -0.05) is 34.1 Å². The molecule has 0 radical (unpaired) electrons. The minimum absolute atomic E-state index is 0.0552. The summed E-state index contributed by atoms with van der Waals surface area (Å²) in [6.07, 6.45) is 0.984. The number of nitrogen functional groups attached to an aromatic ring is 1. The molecular formula is C11H9BrFN3O. The lowest BCUT2D eigenvalue weighted by atomic mass is 10.2. The Morgan fingerprint density at radius 1 is 1.35 bits per heavy atom. The lowest BCUT2D eigenvalue weighted by molar-refractivity contribution is 0.279. The number of benzene rings is 1. The average molecular weight is 298 g/mol. The van der Waals surface area contributed by atoms with Crippen molar-refractivity contribution in [2.24, 2.45) is 0 Å². The van der Waals surface area contributed by atoms with E-state index in [-0.39, 0.29) is 18.4 Å². The molecule has 0 saturated heterocycles. The molecule has 2 rings (SSSR count). The monoisotopic (exact) mass is 297 g/mol. The minimum atomic E-state index is -0.654. The van der Waals surface area contributed by atoms with Crippen molar-refractivity contribution in [3.63, 3.8) is 0 Å². The number of anilines is 1. The van der Waals surface area contributed by atoms with Crippen LogP contribution in [0.1, 0.15) is 5.56 Å². The molecule has 0 aliphatic carbocycles. The molecule has 17 heavy (non-hydrogen) atoms. The lowest BCUT2D eigenvalue weighted by Crippen LogP contribution is -2.03. The van der Waals surface area contributed by atoms with E-state index < -0.39 is 5.82 Å². The van der Waals surface area contributed by atoms with Crippen molar-refractivity contribution >= 4 is 21.7 Å². The van der Waals surface area contributed by atoms with Gasteiger partial charge in [0.2, 0.25) is 0 Å². The Labute approximate surface area is 106 Å². The number of hydrogen-bond donors (Lipinski definition) is 1. The number of nitrogens with zero attached hydrogens (tertiary/aromatic N) is 2. The summed E-state index contributed by atoms with van der Waals surface area (Å²) in [4.78, 5) is 7.35. The van der Waals surface area contributed by atoms with Crippen molar-refractivity contribution < 1.29 is 9.13 Å². The Kier molecular flexibility index (Phi) is 3.53. The van der Waals surface area contributed by atoms with Gasteiger partial charge in [-0.2, -0.15) is 4.98 Å². The fourth-order valence-corrected chi connectivity index (χ4v) is 1.59. The van der Waals surface area contributed by atoms with Gasteiger partial charge in [-0.3, -0.25) is 0 Å². The van der Waals surface area contributed by atoms with Gasteiger partial charge >= 0.3 is 6.01 Å². The molecule has 0 unspecified atom stereocenters. The molecule has 0 aliphatic heterocycles. The molecule has 4 nitrogen and oxygen atoms in total. The van der Waals surface area contributed by atoms with E-state index in [9.17, 15) is 4.39 Å². The summed E-state index contributed by atoms with van der Waals surface area (Å²) in [5.41, 5.74) is 6.25. The van der Waals surface area contributed by atoms with Crippen LogP contribution in [0.15, 0.2) is 34.9 Å². The van der Waals surface area contributed by atoms with Crippen LogP contribution in [-0.2, 0) is 6.61 Å². The van der Waals surface area contributed by atoms with Gasteiger partial charge in [0.15, 0.2) is 11.6 Å². The topological polar surface area (TPSA) is 61.0 Å². The minimum Gasteiger partial charge on any atom is -0.458 e. The molecule has 0 atom stereocenters. The number of nitrogens with two attached hydrogens (primary N) is 1. The first-order valence-corrected chi connectivity index (χ1v) is 5.60. The maximum absolute atomic E-state index is 12.8. The van der Waals surface area contributed by atoms with Gasteiger partial charge in [-0.15, -0.1) is 0 Å². The summed E-state index contributed by atoms with van der Waals surface area (Å²) in [7, 11) is 0. The summed E-state index contributed by atoms with van der Waals surface area (Å²) >= 11 is 3.39. The molecule has 2 N–H and O–H groups in total. The molecule has 0 fully saturated rings. The maximum Gasteiger partial charge on any atom is 0.318 e. The second kappa shape index (κ2) is 5.09. The highest BCUT2D eigenvalue weighted by molar-refractivity contribution is 9.10. The van der Waals surface area contributed by atoms with Crippen molar-refractivity contribution in [1.29, 1.82) is 0 Å². The Morgan fingerprint density at radius 2 is 2.12 bits per heavy atom. The van der Waals surface area contributed by atoms with E-state index >= 15 is 0 Å². The molecule has 1 aromatic heterocycles. The molecule has 2 aromatic rings. The van der Waals surface area contributed by atoms with Gasteiger partial charge < -0.3 is 10.5 Å². The molecule has 6 heteroatoms. The van der Waals surface area contributed by atoms with Crippen molar-refractivity contribution in [3.05, 3.63) is 46.3 Å². The molecule has 88 valence electrons. The normalized spacial score (nSPS) is 10.2. The van der Waals surface area contributed by atoms with E-state index in [4.69, 9.17) is 10.5 Å². The zero-order valence-electron chi connectivity index (χ0n) is 8.73. The first-order chi connectivity index (χ1) is 8.16. The third-order valence-corrected chi connectivity index (χ3v) is 2.84. The van der Waals surface area contributed by atoms with Gasteiger partial charge in [0.25, 0.3) is 0 Å². The fraction of sp³-hybridized carbons (Fsp3) is 0.0909. The van der Waals surface area contributed by atoms with Crippen LogP contribution in [0.25, 0.3) is 0 Å². The van der Waals surface area contributed by atoms with Gasteiger partial charge in [0.1, 0.15) is 6.61 Å². The molecule has 0 bridgehead atoms. The molecule has 1 aromatic carbocycles.